The molecule has 0 aliphatic heterocycles. The van der Waals surface area contributed by atoms with Gasteiger partial charge in [-0.2, -0.15) is 4.98 Å². The number of aryl methyl sites for hydroxylation is 1. The van der Waals surface area contributed by atoms with Crippen molar-refractivity contribution in [3.63, 3.8) is 0 Å². The van der Waals surface area contributed by atoms with Crippen LogP contribution in [0.15, 0.2) is 5.03 Å². The molecule has 0 atom stereocenters. The zero-order valence-corrected chi connectivity index (χ0v) is 10.9. The zero-order chi connectivity index (χ0) is 13.7. The molecule has 1 rings (SSSR count). The summed E-state index contributed by atoms with van der Waals surface area (Å²) >= 11 is 0.944. The number of esters is 1. The number of hydrogen-bond acceptors (Lipinski definition) is 8. The highest BCUT2D eigenvalue weighted by atomic mass is 32.2. The number of thioether (sulfide) groups is 1. The fraction of sp³-hybridized carbons (Fsp3) is 0.444. The average molecular weight is 272 g/mol. The smallest absolute Gasteiger partial charge is 0.322 e. The molecule has 0 aliphatic carbocycles. The molecule has 1 aromatic heterocycles. The topological polar surface area (TPSA) is 107 Å². The molecule has 0 radical (unpaired) electrons. The van der Waals surface area contributed by atoms with Crippen LogP contribution < -0.4 is 5.32 Å². The highest BCUT2D eigenvalue weighted by Gasteiger charge is 2.22. The van der Waals surface area contributed by atoms with Gasteiger partial charge >= 0.3 is 11.7 Å². The number of hydrogen-bond donors (Lipinski definition) is 1. The lowest BCUT2D eigenvalue weighted by Crippen LogP contribution is -2.07. The van der Waals surface area contributed by atoms with Crippen molar-refractivity contribution in [3.05, 3.63) is 15.8 Å². The largest absolute Gasteiger partial charge is 0.468 e. The van der Waals surface area contributed by atoms with Gasteiger partial charge in [-0.25, -0.2) is 4.98 Å². The minimum Gasteiger partial charge on any atom is -0.468 e. The molecule has 0 saturated heterocycles. The molecule has 0 unspecified atom stereocenters. The molecule has 0 saturated carbocycles. The van der Waals surface area contributed by atoms with Gasteiger partial charge < -0.3 is 10.1 Å². The van der Waals surface area contributed by atoms with Gasteiger partial charge in [-0.3, -0.25) is 14.9 Å². The highest BCUT2D eigenvalue weighted by molar-refractivity contribution is 8.00. The quantitative estimate of drug-likeness (QED) is 0.278. The van der Waals surface area contributed by atoms with Crippen LogP contribution in [0.4, 0.5) is 11.6 Å². The molecule has 1 N–H and O–H groups in total. The van der Waals surface area contributed by atoms with Crippen LogP contribution in [0.2, 0.25) is 0 Å². The Labute approximate surface area is 107 Å². The molecule has 1 aromatic rings. The van der Waals surface area contributed by atoms with E-state index in [0.29, 0.717) is 0 Å². The SMILES string of the molecule is CNc1nc(C)c([N+](=O)[O-])c(SCC(=O)OC)n1. The molecule has 0 bridgehead atoms. The number of ether oxygens (including phenoxy) is 1. The van der Waals surface area contributed by atoms with Crippen LogP contribution in [0.5, 0.6) is 0 Å². The molecule has 0 aliphatic rings. The normalized spacial score (nSPS) is 9.94. The summed E-state index contributed by atoms with van der Waals surface area (Å²) in [7, 11) is 2.86. The maximum absolute atomic E-state index is 11.0. The van der Waals surface area contributed by atoms with E-state index in [1.54, 1.807) is 7.05 Å². The predicted octanol–water partition coefficient (Wildman–Crippen LogP) is 1.00. The van der Waals surface area contributed by atoms with Crippen LogP contribution in [0.25, 0.3) is 0 Å². The Hall–Kier alpha value is -1.90. The monoisotopic (exact) mass is 272 g/mol. The van der Waals surface area contributed by atoms with Gasteiger partial charge in [-0.15, -0.1) is 0 Å². The van der Waals surface area contributed by atoms with Crippen molar-refractivity contribution >= 4 is 29.4 Å². The molecule has 9 heteroatoms. The number of anilines is 1. The Balaban J connectivity index is 3.09. The van der Waals surface area contributed by atoms with Gasteiger partial charge in [0.1, 0.15) is 5.69 Å². The molecule has 0 aromatic carbocycles. The third-order valence-electron chi connectivity index (χ3n) is 1.99. The van der Waals surface area contributed by atoms with Crippen LogP contribution in [0.3, 0.4) is 0 Å². The number of nitrogens with zero attached hydrogens (tertiary/aromatic N) is 3. The molecular weight excluding hydrogens is 260 g/mol. The van der Waals surface area contributed by atoms with E-state index in [9.17, 15) is 14.9 Å². The maximum atomic E-state index is 11.0. The van der Waals surface area contributed by atoms with Crippen molar-refractivity contribution in [2.45, 2.75) is 11.9 Å². The van der Waals surface area contributed by atoms with E-state index in [1.165, 1.54) is 14.0 Å². The van der Waals surface area contributed by atoms with E-state index in [1.807, 2.05) is 0 Å². The minimum atomic E-state index is -0.561. The number of nitro groups is 1. The Bertz CT molecular complexity index is 480. The van der Waals surface area contributed by atoms with Crippen molar-refractivity contribution in [3.8, 4) is 0 Å². The first-order valence-electron chi connectivity index (χ1n) is 4.90. The van der Waals surface area contributed by atoms with Crippen molar-refractivity contribution < 1.29 is 14.5 Å². The molecule has 0 fully saturated rings. The third kappa shape index (κ3) is 3.29. The van der Waals surface area contributed by atoms with E-state index < -0.39 is 10.9 Å². The van der Waals surface area contributed by atoms with E-state index in [4.69, 9.17) is 0 Å². The van der Waals surface area contributed by atoms with Gasteiger partial charge in [-0.05, 0) is 6.92 Å². The lowest BCUT2D eigenvalue weighted by atomic mass is 10.4. The molecular formula is C9H12N4O4S. The van der Waals surface area contributed by atoms with Gasteiger partial charge in [0.2, 0.25) is 5.95 Å². The molecule has 0 spiro atoms. The first kappa shape index (κ1) is 14.2. The number of carbonyl (C=O) groups is 1. The number of rotatable bonds is 5. The predicted molar refractivity (Wildman–Crippen MR) is 65.7 cm³/mol. The second-order valence-corrected chi connectivity index (χ2v) is 4.12. The summed E-state index contributed by atoms with van der Waals surface area (Å²) < 4.78 is 4.47. The number of methoxy groups -OCH3 is 1. The summed E-state index contributed by atoms with van der Waals surface area (Å²) in [5.41, 5.74) is 0.0506. The minimum absolute atomic E-state index is 0.0447. The second-order valence-electron chi connectivity index (χ2n) is 3.16. The van der Waals surface area contributed by atoms with Gasteiger partial charge in [0, 0.05) is 7.05 Å². The fourth-order valence-electron chi connectivity index (χ4n) is 1.15. The third-order valence-corrected chi connectivity index (χ3v) is 2.93. The Kier molecular flexibility index (Phi) is 4.84. The Morgan fingerprint density at radius 1 is 1.56 bits per heavy atom. The van der Waals surface area contributed by atoms with E-state index >= 15 is 0 Å². The summed E-state index contributed by atoms with van der Waals surface area (Å²) in [6.45, 7) is 1.52. The molecule has 1 heterocycles. The number of nitrogens with one attached hydrogen (secondary N) is 1. The Morgan fingerprint density at radius 3 is 2.72 bits per heavy atom. The van der Waals surface area contributed by atoms with Crippen molar-refractivity contribution in [2.24, 2.45) is 0 Å². The first-order valence-corrected chi connectivity index (χ1v) is 5.88. The summed E-state index contributed by atoms with van der Waals surface area (Å²) in [6, 6.07) is 0. The summed E-state index contributed by atoms with van der Waals surface area (Å²) in [5.74, 6) is -0.251. The van der Waals surface area contributed by atoms with E-state index in [-0.39, 0.29) is 28.1 Å². The average Bonchev–Trinajstić information content (AvgIpc) is 2.34. The lowest BCUT2D eigenvalue weighted by Gasteiger charge is -2.06. The zero-order valence-electron chi connectivity index (χ0n) is 10.1. The van der Waals surface area contributed by atoms with Crippen LogP contribution >= 0.6 is 11.8 Å². The molecule has 0 amide bonds. The fourth-order valence-corrected chi connectivity index (χ4v) is 2.03. The number of carbonyl (C=O) groups excluding carboxylic acids is 1. The van der Waals surface area contributed by atoms with E-state index in [0.717, 1.165) is 11.8 Å². The standard InChI is InChI=1S/C9H12N4O4S/c1-5-7(13(15)16)8(12-9(10-2)11-5)18-4-6(14)17-3/h4H2,1-3H3,(H,10,11,12). The Morgan fingerprint density at radius 2 is 2.22 bits per heavy atom. The summed E-state index contributed by atoms with van der Waals surface area (Å²) in [6.07, 6.45) is 0. The first-order chi connectivity index (χ1) is 8.49. The van der Waals surface area contributed by atoms with Crippen molar-refractivity contribution in [1.82, 2.24) is 9.97 Å². The van der Waals surface area contributed by atoms with Gasteiger partial charge in [0.25, 0.3) is 0 Å². The van der Waals surface area contributed by atoms with Crippen LogP contribution in [0, 0.1) is 17.0 Å². The van der Waals surface area contributed by atoms with Gasteiger partial charge in [-0.1, -0.05) is 11.8 Å². The second kappa shape index (κ2) is 6.15. The maximum Gasteiger partial charge on any atom is 0.322 e. The van der Waals surface area contributed by atoms with Crippen molar-refractivity contribution in [2.75, 3.05) is 25.2 Å². The van der Waals surface area contributed by atoms with Crippen LogP contribution in [0.1, 0.15) is 5.69 Å². The summed E-state index contributed by atoms with van der Waals surface area (Å²) in [5, 5.41) is 13.8. The number of aromatic nitrogens is 2. The van der Waals surface area contributed by atoms with Crippen LogP contribution in [-0.2, 0) is 9.53 Å². The van der Waals surface area contributed by atoms with Gasteiger partial charge in [0.05, 0.1) is 17.8 Å². The highest BCUT2D eigenvalue weighted by Crippen LogP contribution is 2.30. The summed E-state index contributed by atoms with van der Waals surface area (Å²) in [4.78, 5) is 29.3. The molecule has 18 heavy (non-hydrogen) atoms. The van der Waals surface area contributed by atoms with Gasteiger partial charge in [0.15, 0.2) is 5.03 Å². The van der Waals surface area contributed by atoms with E-state index in [2.05, 4.69) is 20.0 Å². The molecule has 98 valence electrons. The lowest BCUT2D eigenvalue weighted by molar-refractivity contribution is -0.389. The molecule has 8 nitrogen and oxygen atoms in total. The van der Waals surface area contributed by atoms with Crippen molar-refractivity contribution in [1.29, 1.82) is 0 Å². The van der Waals surface area contributed by atoms with Crippen LogP contribution in [-0.4, -0.2) is 40.8 Å².